The summed E-state index contributed by atoms with van der Waals surface area (Å²) in [6.07, 6.45) is 5.96. The molecule has 7 nitrogen and oxygen atoms in total. The summed E-state index contributed by atoms with van der Waals surface area (Å²) in [5, 5.41) is 6.65. The van der Waals surface area contributed by atoms with Crippen LogP contribution in [0.1, 0.15) is 30.1 Å². The Morgan fingerprint density at radius 1 is 1.06 bits per heavy atom. The van der Waals surface area contributed by atoms with Gasteiger partial charge in [-0.1, -0.05) is 42.5 Å². The number of hydrogen-bond donors (Lipinski definition) is 2. The highest BCUT2D eigenvalue weighted by atomic mass is 32.2. The van der Waals surface area contributed by atoms with Crippen LogP contribution in [-0.4, -0.2) is 44.5 Å². The summed E-state index contributed by atoms with van der Waals surface area (Å²) in [5.74, 6) is 0.614. The van der Waals surface area contributed by atoms with Gasteiger partial charge >= 0.3 is 0 Å². The van der Waals surface area contributed by atoms with E-state index in [2.05, 4.69) is 20.0 Å². The second-order valence-electron chi connectivity index (χ2n) is 8.29. The second kappa shape index (κ2) is 9.69. The lowest BCUT2D eigenvalue weighted by Crippen LogP contribution is -2.25. The standard InChI is InChI=1S/C26H25N5O2S/c1-17(32)27-13-14-34-26-24-28-15-23(31(24)16-22(30-26)18-5-3-2-4-6-18)19-7-9-20(10-8-19)25(33)29-21-11-12-21/h2-10,15-16,21H,11-14H2,1H3,(H,27,32)(H,29,33). The lowest BCUT2D eigenvalue weighted by Gasteiger charge is -2.10. The highest BCUT2D eigenvalue weighted by Crippen LogP contribution is 2.30. The molecule has 2 aromatic carbocycles. The SMILES string of the molecule is CC(=O)NCCSc1nc(-c2ccccc2)cn2c(-c3ccc(C(=O)NC4CC4)cc3)cnc12. The van der Waals surface area contributed by atoms with Gasteiger partial charge in [0.1, 0.15) is 5.03 Å². The van der Waals surface area contributed by atoms with Gasteiger partial charge in [-0.05, 0) is 25.0 Å². The minimum absolute atomic E-state index is 0.0272. The number of carbonyl (C=O) groups excluding carboxylic acids is 2. The van der Waals surface area contributed by atoms with Gasteiger partial charge < -0.3 is 10.6 Å². The topological polar surface area (TPSA) is 88.4 Å². The minimum atomic E-state index is -0.0471. The third-order valence-corrected chi connectivity index (χ3v) is 6.56. The van der Waals surface area contributed by atoms with Crippen LogP contribution in [0.15, 0.2) is 72.0 Å². The van der Waals surface area contributed by atoms with Crippen molar-refractivity contribution in [3.05, 3.63) is 72.6 Å². The van der Waals surface area contributed by atoms with Crippen molar-refractivity contribution in [3.63, 3.8) is 0 Å². The number of benzene rings is 2. The van der Waals surface area contributed by atoms with E-state index in [1.807, 2.05) is 67.0 Å². The molecule has 0 unspecified atom stereocenters. The molecule has 2 N–H and O–H groups in total. The minimum Gasteiger partial charge on any atom is -0.356 e. The maximum absolute atomic E-state index is 12.4. The van der Waals surface area contributed by atoms with Crippen LogP contribution in [0.2, 0.25) is 0 Å². The second-order valence-corrected chi connectivity index (χ2v) is 9.37. The van der Waals surface area contributed by atoms with E-state index in [-0.39, 0.29) is 11.8 Å². The molecule has 0 bridgehead atoms. The fourth-order valence-electron chi connectivity index (χ4n) is 3.68. The van der Waals surface area contributed by atoms with Crippen LogP contribution in [0, 0.1) is 0 Å². The summed E-state index contributed by atoms with van der Waals surface area (Å²) >= 11 is 1.57. The van der Waals surface area contributed by atoms with Crippen LogP contribution in [0.3, 0.4) is 0 Å². The molecule has 0 atom stereocenters. The van der Waals surface area contributed by atoms with Gasteiger partial charge in [0.05, 0.1) is 17.6 Å². The van der Waals surface area contributed by atoms with Crippen molar-refractivity contribution in [2.24, 2.45) is 0 Å². The molecule has 2 aromatic heterocycles. The Morgan fingerprint density at radius 2 is 1.82 bits per heavy atom. The van der Waals surface area contributed by atoms with Gasteiger partial charge in [0, 0.05) is 48.2 Å². The Balaban J connectivity index is 1.49. The molecule has 0 radical (unpaired) electrons. The molecule has 1 fully saturated rings. The van der Waals surface area contributed by atoms with Gasteiger partial charge in [-0.2, -0.15) is 0 Å². The molecule has 1 saturated carbocycles. The number of carbonyl (C=O) groups is 2. The van der Waals surface area contributed by atoms with Gasteiger partial charge in [-0.25, -0.2) is 9.97 Å². The average Bonchev–Trinajstić information content (AvgIpc) is 3.57. The number of amides is 2. The van der Waals surface area contributed by atoms with E-state index in [1.165, 1.54) is 6.92 Å². The monoisotopic (exact) mass is 471 g/mol. The molecule has 0 saturated heterocycles. The average molecular weight is 472 g/mol. The molecule has 4 aromatic rings. The van der Waals surface area contributed by atoms with Gasteiger partial charge in [-0.15, -0.1) is 11.8 Å². The summed E-state index contributed by atoms with van der Waals surface area (Å²) in [5.41, 5.74) is 5.17. The zero-order valence-corrected chi connectivity index (χ0v) is 19.6. The Morgan fingerprint density at radius 3 is 2.53 bits per heavy atom. The summed E-state index contributed by atoms with van der Waals surface area (Å²) in [6.45, 7) is 2.07. The fourth-order valence-corrected chi connectivity index (χ4v) is 4.52. The first-order chi connectivity index (χ1) is 16.6. The predicted octanol–water partition coefficient (Wildman–Crippen LogP) is 4.18. The quantitative estimate of drug-likeness (QED) is 0.297. The molecule has 2 amide bonds. The number of aromatic nitrogens is 3. The van der Waals surface area contributed by atoms with Gasteiger partial charge in [0.15, 0.2) is 5.65 Å². The third kappa shape index (κ3) is 4.97. The molecule has 172 valence electrons. The summed E-state index contributed by atoms with van der Waals surface area (Å²) in [7, 11) is 0. The summed E-state index contributed by atoms with van der Waals surface area (Å²) < 4.78 is 2.05. The van der Waals surface area contributed by atoms with Crippen LogP contribution >= 0.6 is 11.8 Å². The highest BCUT2D eigenvalue weighted by Gasteiger charge is 2.23. The molecule has 0 spiro atoms. The van der Waals surface area contributed by atoms with E-state index in [0.29, 0.717) is 23.9 Å². The first-order valence-corrected chi connectivity index (χ1v) is 12.3. The van der Waals surface area contributed by atoms with Crippen molar-refractivity contribution in [1.82, 2.24) is 25.0 Å². The molecule has 1 aliphatic carbocycles. The van der Waals surface area contributed by atoms with Crippen molar-refractivity contribution in [2.75, 3.05) is 12.3 Å². The third-order valence-electron chi connectivity index (χ3n) is 5.60. The Labute approximate surface area is 202 Å². The summed E-state index contributed by atoms with van der Waals surface area (Å²) in [6, 6.07) is 18.0. The van der Waals surface area contributed by atoms with Crippen LogP contribution in [-0.2, 0) is 4.79 Å². The van der Waals surface area contributed by atoms with E-state index >= 15 is 0 Å². The molecule has 0 aliphatic heterocycles. The van der Waals surface area contributed by atoms with Crippen molar-refractivity contribution in [3.8, 4) is 22.5 Å². The zero-order valence-electron chi connectivity index (χ0n) is 18.8. The smallest absolute Gasteiger partial charge is 0.251 e. The van der Waals surface area contributed by atoms with Crippen LogP contribution in [0.4, 0.5) is 0 Å². The van der Waals surface area contributed by atoms with Crippen LogP contribution in [0.5, 0.6) is 0 Å². The largest absolute Gasteiger partial charge is 0.356 e. The first kappa shape index (κ1) is 22.2. The Kier molecular flexibility index (Phi) is 6.31. The number of nitrogens with one attached hydrogen (secondary N) is 2. The van der Waals surface area contributed by atoms with E-state index in [0.717, 1.165) is 46.0 Å². The Hall–Kier alpha value is -3.65. The zero-order chi connectivity index (χ0) is 23.5. The van der Waals surface area contributed by atoms with E-state index in [4.69, 9.17) is 4.98 Å². The maximum Gasteiger partial charge on any atom is 0.251 e. The van der Waals surface area contributed by atoms with Gasteiger partial charge in [-0.3, -0.25) is 14.0 Å². The first-order valence-electron chi connectivity index (χ1n) is 11.3. The van der Waals surface area contributed by atoms with Crippen LogP contribution in [0.25, 0.3) is 28.2 Å². The highest BCUT2D eigenvalue weighted by molar-refractivity contribution is 7.99. The normalized spacial score (nSPS) is 13.1. The molecule has 2 heterocycles. The number of rotatable bonds is 8. The number of imidazole rings is 1. The molecular formula is C26H25N5O2S. The molecule has 5 rings (SSSR count). The molecule has 1 aliphatic rings. The fraction of sp³-hybridized carbons (Fsp3) is 0.231. The van der Waals surface area contributed by atoms with Crippen molar-refractivity contribution in [2.45, 2.75) is 30.8 Å². The van der Waals surface area contributed by atoms with Gasteiger partial charge in [0.25, 0.3) is 5.91 Å². The Bertz CT molecular complexity index is 1330. The number of nitrogens with zero attached hydrogens (tertiary/aromatic N) is 3. The van der Waals surface area contributed by atoms with Crippen molar-refractivity contribution in [1.29, 1.82) is 0 Å². The van der Waals surface area contributed by atoms with Crippen molar-refractivity contribution >= 4 is 29.2 Å². The molecule has 8 heteroatoms. The molecule has 34 heavy (non-hydrogen) atoms. The van der Waals surface area contributed by atoms with E-state index in [1.54, 1.807) is 11.8 Å². The number of thioether (sulfide) groups is 1. The lowest BCUT2D eigenvalue weighted by atomic mass is 10.1. The number of fused-ring (bicyclic) bond motifs is 1. The molecular weight excluding hydrogens is 446 g/mol. The lowest BCUT2D eigenvalue weighted by molar-refractivity contribution is -0.118. The van der Waals surface area contributed by atoms with E-state index < -0.39 is 0 Å². The number of hydrogen-bond acceptors (Lipinski definition) is 5. The van der Waals surface area contributed by atoms with Crippen LogP contribution < -0.4 is 10.6 Å². The summed E-state index contributed by atoms with van der Waals surface area (Å²) in [4.78, 5) is 33.1. The maximum atomic E-state index is 12.4. The van der Waals surface area contributed by atoms with Crippen molar-refractivity contribution < 1.29 is 9.59 Å². The van der Waals surface area contributed by atoms with E-state index in [9.17, 15) is 9.59 Å². The van der Waals surface area contributed by atoms with Gasteiger partial charge in [0.2, 0.25) is 5.91 Å². The predicted molar refractivity (Wildman–Crippen MR) is 134 cm³/mol.